The first-order chi connectivity index (χ1) is 8.10. The number of esters is 1. The van der Waals surface area contributed by atoms with Gasteiger partial charge in [0.1, 0.15) is 11.3 Å². The first-order valence-electron chi connectivity index (χ1n) is 6.86. The maximum atomic E-state index is 12.2. The van der Waals surface area contributed by atoms with Crippen LogP contribution in [0, 0.1) is 11.8 Å². The summed E-state index contributed by atoms with van der Waals surface area (Å²) in [7, 11) is 0. The molecule has 1 heterocycles. The van der Waals surface area contributed by atoms with Crippen molar-refractivity contribution in [3.63, 3.8) is 0 Å². The summed E-state index contributed by atoms with van der Waals surface area (Å²) in [5.74, 6) is 1.26. The zero-order chi connectivity index (χ0) is 14.2. The predicted molar refractivity (Wildman–Crippen MR) is 73.8 cm³/mol. The highest BCUT2D eigenvalue weighted by molar-refractivity contribution is 5.82. The highest BCUT2D eigenvalue weighted by Gasteiger charge is 2.45. The molecule has 0 saturated carbocycles. The Hall–Kier alpha value is -0.990. The van der Waals surface area contributed by atoms with E-state index in [9.17, 15) is 4.79 Å². The zero-order valence-electron chi connectivity index (χ0n) is 13.0. The minimum atomic E-state index is -0.591. The third-order valence-corrected chi connectivity index (χ3v) is 3.40. The second-order valence-corrected chi connectivity index (χ2v) is 6.47. The summed E-state index contributed by atoms with van der Waals surface area (Å²) in [5.41, 5.74) is 0.580. The van der Waals surface area contributed by atoms with Gasteiger partial charge >= 0.3 is 5.97 Å². The normalized spacial score (nSPS) is 20.2. The Morgan fingerprint density at radius 3 is 1.83 bits per heavy atom. The van der Waals surface area contributed by atoms with Crippen molar-refractivity contribution in [2.24, 2.45) is 11.8 Å². The van der Waals surface area contributed by atoms with Gasteiger partial charge in [-0.2, -0.15) is 0 Å². The van der Waals surface area contributed by atoms with Gasteiger partial charge in [-0.3, -0.25) is 0 Å². The lowest BCUT2D eigenvalue weighted by atomic mass is 9.91. The monoisotopic (exact) mass is 253 g/mol. The number of carbonyl (C=O) groups excluding carboxylic acids is 1. The average molecular weight is 253 g/mol. The van der Waals surface area contributed by atoms with E-state index in [0.29, 0.717) is 5.92 Å². The minimum absolute atomic E-state index is 0.149. The first kappa shape index (κ1) is 15.1. The Bertz CT molecular complexity index is 365. The maximum Gasteiger partial charge on any atom is 0.336 e. The topological polar surface area (TPSA) is 29.5 Å². The van der Waals surface area contributed by atoms with Crippen LogP contribution in [0.25, 0.3) is 0 Å². The van der Waals surface area contributed by atoms with Crippen molar-refractivity contribution in [2.45, 2.75) is 67.0 Å². The van der Waals surface area contributed by atoms with E-state index in [4.69, 9.17) is 4.74 Å². The van der Waals surface area contributed by atoms with Crippen LogP contribution in [0.15, 0.2) is 11.5 Å². The van der Waals surface area contributed by atoms with Gasteiger partial charge in [0.25, 0.3) is 0 Å². The molecule has 0 amide bonds. The van der Waals surface area contributed by atoms with Crippen molar-refractivity contribution >= 4 is 5.97 Å². The molecule has 1 rings (SSSR count). The molecule has 0 aromatic rings. The van der Waals surface area contributed by atoms with Gasteiger partial charge < -0.3 is 9.64 Å². The number of rotatable bonds is 3. The smallest absolute Gasteiger partial charge is 0.336 e. The molecule has 104 valence electrons. The molecule has 0 bridgehead atoms. The average Bonchev–Trinajstić information content (AvgIpc) is 2.19. The molecule has 0 saturated heterocycles. The number of hydrogen-bond donors (Lipinski definition) is 0. The molecular formula is C15H27NO2. The molecule has 0 atom stereocenters. The molecule has 0 aromatic carbocycles. The first-order valence-corrected chi connectivity index (χ1v) is 6.86. The van der Waals surface area contributed by atoms with Crippen molar-refractivity contribution in [3.05, 3.63) is 11.5 Å². The molecule has 0 spiro atoms. The molecular weight excluding hydrogens is 226 g/mol. The molecule has 0 unspecified atom stereocenters. The summed E-state index contributed by atoms with van der Waals surface area (Å²) < 4.78 is 5.62. The van der Waals surface area contributed by atoms with E-state index >= 15 is 0 Å². The van der Waals surface area contributed by atoms with Crippen LogP contribution in [-0.2, 0) is 9.53 Å². The molecule has 0 fully saturated rings. The molecule has 3 heteroatoms. The molecule has 0 aromatic heterocycles. The summed E-state index contributed by atoms with van der Waals surface area (Å²) in [4.78, 5) is 14.4. The van der Waals surface area contributed by atoms with Crippen LogP contribution in [0.2, 0.25) is 0 Å². The Balaban J connectivity index is 3.44. The Morgan fingerprint density at radius 1 is 1.00 bits per heavy atom. The maximum absolute atomic E-state index is 12.2. The Labute approximate surface area is 111 Å². The standard InChI is InChI=1S/C15H27NO2/c1-9(2)12-13(10(3)4)18-14(17)15(7,8)16(12)11(5)6/h9-11H,1-8H3. The Morgan fingerprint density at radius 2 is 1.50 bits per heavy atom. The van der Waals surface area contributed by atoms with E-state index in [1.165, 1.54) is 5.70 Å². The van der Waals surface area contributed by atoms with Gasteiger partial charge in [-0.1, -0.05) is 27.7 Å². The largest absolute Gasteiger partial charge is 0.427 e. The van der Waals surface area contributed by atoms with E-state index < -0.39 is 5.54 Å². The van der Waals surface area contributed by atoms with Crippen LogP contribution < -0.4 is 0 Å². The van der Waals surface area contributed by atoms with Crippen LogP contribution in [0.1, 0.15) is 55.4 Å². The third kappa shape index (κ3) is 2.40. The van der Waals surface area contributed by atoms with Crippen LogP contribution in [0.5, 0.6) is 0 Å². The van der Waals surface area contributed by atoms with Gasteiger partial charge in [0.05, 0.1) is 5.70 Å². The lowest BCUT2D eigenvalue weighted by Gasteiger charge is -2.48. The fraction of sp³-hybridized carbons (Fsp3) is 0.800. The van der Waals surface area contributed by atoms with Gasteiger partial charge in [-0.25, -0.2) is 4.79 Å². The van der Waals surface area contributed by atoms with Crippen molar-refractivity contribution < 1.29 is 9.53 Å². The van der Waals surface area contributed by atoms with Crippen LogP contribution in [0.4, 0.5) is 0 Å². The highest BCUT2D eigenvalue weighted by Crippen LogP contribution is 2.38. The fourth-order valence-electron chi connectivity index (χ4n) is 2.70. The number of carbonyl (C=O) groups is 1. The van der Waals surface area contributed by atoms with E-state index in [1.807, 2.05) is 13.8 Å². The molecule has 0 aliphatic carbocycles. The SMILES string of the molecule is CC(C)C1=C(C(C)C)N(C(C)C)C(C)(C)C(=O)O1. The van der Waals surface area contributed by atoms with Gasteiger partial charge in [-0.15, -0.1) is 0 Å². The number of hydrogen-bond acceptors (Lipinski definition) is 3. The molecule has 1 aliphatic heterocycles. The number of ether oxygens (including phenoxy) is 1. The molecule has 3 nitrogen and oxygen atoms in total. The molecule has 1 aliphatic rings. The van der Waals surface area contributed by atoms with Gasteiger partial charge in [-0.05, 0) is 33.6 Å². The summed E-state index contributed by atoms with van der Waals surface area (Å²) in [5, 5.41) is 0. The second kappa shape index (κ2) is 4.94. The highest BCUT2D eigenvalue weighted by atomic mass is 16.5. The molecule has 18 heavy (non-hydrogen) atoms. The summed E-state index contributed by atoms with van der Waals surface area (Å²) in [6.07, 6.45) is 0. The predicted octanol–water partition coefficient (Wildman–Crippen LogP) is 3.56. The minimum Gasteiger partial charge on any atom is -0.427 e. The number of cyclic esters (lactones) is 1. The lowest BCUT2D eigenvalue weighted by Crippen LogP contribution is -2.57. The van der Waals surface area contributed by atoms with Gasteiger partial charge in [0.2, 0.25) is 0 Å². The van der Waals surface area contributed by atoms with Crippen molar-refractivity contribution in [2.75, 3.05) is 0 Å². The zero-order valence-corrected chi connectivity index (χ0v) is 13.0. The van der Waals surface area contributed by atoms with E-state index in [-0.39, 0.29) is 17.9 Å². The van der Waals surface area contributed by atoms with Gasteiger partial charge in [0, 0.05) is 12.0 Å². The third-order valence-electron chi connectivity index (χ3n) is 3.40. The van der Waals surface area contributed by atoms with E-state index in [2.05, 4.69) is 46.4 Å². The van der Waals surface area contributed by atoms with Crippen molar-refractivity contribution in [1.29, 1.82) is 0 Å². The van der Waals surface area contributed by atoms with Crippen LogP contribution in [0.3, 0.4) is 0 Å². The second-order valence-electron chi connectivity index (χ2n) is 6.47. The lowest BCUT2D eigenvalue weighted by molar-refractivity contribution is -0.157. The van der Waals surface area contributed by atoms with Crippen LogP contribution in [-0.4, -0.2) is 22.4 Å². The quantitative estimate of drug-likeness (QED) is 0.720. The fourth-order valence-corrected chi connectivity index (χ4v) is 2.70. The molecule has 0 radical (unpaired) electrons. The van der Waals surface area contributed by atoms with Crippen molar-refractivity contribution in [1.82, 2.24) is 4.90 Å². The summed E-state index contributed by atoms with van der Waals surface area (Å²) in [6.45, 7) is 16.6. The number of nitrogens with zero attached hydrogens (tertiary/aromatic N) is 1. The molecule has 0 N–H and O–H groups in total. The summed E-state index contributed by atoms with van der Waals surface area (Å²) >= 11 is 0. The van der Waals surface area contributed by atoms with E-state index in [0.717, 1.165) is 5.76 Å². The Kier molecular flexibility index (Phi) is 4.14. The van der Waals surface area contributed by atoms with Gasteiger partial charge in [0.15, 0.2) is 0 Å². The van der Waals surface area contributed by atoms with E-state index in [1.54, 1.807) is 0 Å². The number of allylic oxidation sites excluding steroid dienone is 2. The van der Waals surface area contributed by atoms with Crippen molar-refractivity contribution in [3.8, 4) is 0 Å². The van der Waals surface area contributed by atoms with Crippen LogP contribution >= 0.6 is 0 Å². The summed E-state index contributed by atoms with van der Waals surface area (Å²) in [6, 6.07) is 0.277.